The van der Waals surface area contributed by atoms with E-state index >= 15 is 0 Å². The SMILES string of the molecule is CCC(C)C(C)NCc1ccccc1N1CCOCC1. The van der Waals surface area contributed by atoms with Gasteiger partial charge in [0.25, 0.3) is 0 Å². The number of benzene rings is 1. The summed E-state index contributed by atoms with van der Waals surface area (Å²) in [6, 6.07) is 9.29. The highest BCUT2D eigenvalue weighted by Gasteiger charge is 2.15. The fourth-order valence-electron chi connectivity index (χ4n) is 2.60. The van der Waals surface area contributed by atoms with Crippen LogP contribution >= 0.6 is 0 Å². The molecular formula is C17H28N2O. The number of nitrogens with zero attached hydrogens (tertiary/aromatic N) is 1. The summed E-state index contributed by atoms with van der Waals surface area (Å²) in [6.07, 6.45) is 1.22. The molecule has 0 bridgehead atoms. The molecule has 0 spiro atoms. The first kappa shape index (κ1) is 15.3. The van der Waals surface area contributed by atoms with Crippen molar-refractivity contribution >= 4 is 5.69 Å². The van der Waals surface area contributed by atoms with E-state index in [-0.39, 0.29) is 0 Å². The van der Waals surface area contributed by atoms with Crippen LogP contribution in [-0.2, 0) is 11.3 Å². The van der Waals surface area contributed by atoms with Gasteiger partial charge in [0.05, 0.1) is 13.2 Å². The van der Waals surface area contributed by atoms with Crippen LogP contribution in [0.15, 0.2) is 24.3 Å². The van der Waals surface area contributed by atoms with Crippen LogP contribution in [0.3, 0.4) is 0 Å². The molecule has 0 radical (unpaired) electrons. The number of nitrogens with one attached hydrogen (secondary N) is 1. The van der Waals surface area contributed by atoms with Crippen molar-refractivity contribution in [3.63, 3.8) is 0 Å². The van der Waals surface area contributed by atoms with Crippen molar-refractivity contribution < 1.29 is 4.74 Å². The van der Waals surface area contributed by atoms with Gasteiger partial charge in [0.1, 0.15) is 0 Å². The fraction of sp³-hybridized carbons (Fsp3) is 0.647. The molecule has 1 aromatic rings. The molecule has 1 aliphatic rings. The highest BCUT2D eigenvalue weighted by molar-refractivity contribution is 5.53. The van der Waals surface area contributed by atoms with Crippen LogP contribution in [0.1, 0.15) is 32.8 Å². The maximum atomic E-state index is 5.45. The zero-order chi connectivity index (χ0) is 14.4. The monoisotopic (exact) mass is 276 g/mol. The van der Waals surface area contributed by atoms with Gasteiger partial charge < -0.3 is 15.0 Å². The Balaban J connectivity index is 2.00. The van der Waals surface area contributed by atoms with Crippen LogP contribution in [0.2, 0.25) is 0 Å². The minimum Gasteiger partial charge on any atom is -0.378 e. The van der Waals surface area contributed by atoms with E-state index in [0.29, 0.717) is 12.0 Å². The lowest BCUT2D eigenvalue weighted by atomic mass is 10.0. The lowest BCUT2D eigenvalue weighted by Crippen LogP contribution is -2.37. The predicted molar refractivity (Wildman–Crippen MR) is 85.2 cm³/mol. The normalized spacial score (nSPS) is 18.9. The largest absolute Gasteiger partial charge is 0.378 e. The van der Waals surface area contributed by atoms with Gasteiger partial charge in [0.15, 0.2) is 0 Å². The zero-order valence-corrected chi connectivity index (χ0v) is 13.1. The van der Waals surface area contributed by atoms with E-state index in [1.54, 1.807) is 0 Å². The number of anilines is 1. The Bertz CT molecular complexity index is 402. The molecule has 0 saturated carbocycles. The highest BCUT2D eigenvalue weighted by atomic mass is 16.5. The van der Waals surface area contributed by atoms with E-state index in [4.69, 9.17) is 4.74 Å². The fourth-order valence-corrected chi connectivity index (χ4v) is 2.60. The van der Waals surface area contributed by atoms with E-state index < -0.39 is 0 Å². The summed E-state index contributed by atoms with van der Waals surface area (Å²) in [4.78, 5) is 2.44. The second-order valence-corrected chi connectivity index (χ2v) is 5.78. The first-order valence-corrected chi connectivity index (χ1v) is 7.86. The second-order valence-electron chi connectivity index (χ2n) is 5.78. The minimum atomic E-state index is 0.553. The Morgan fingerprint density at radius 1 is 1.20 bits per heavy atom. The average Bonchev–Trinajstić information content (AvgIpc) is 2.53. The third kappa shape index (κ3) is 3.97. The molecule has 112 valence electrons. The average molecular weight is 276 g/mol. The third-order valence-electron chi connectivity index (χ3n) is 4.46. The van der Waals surface area contributed by atoms with Crippen LogP contribution in [0.5, 0.6) is 0 Å². The maximum absolute atomic E-state index is 5.45. The molecule has 1 aliphatic heterocycles. The van der Waals surface area contributed by atoms with Gasteiger partial charge in [-0.25, -0.2) is 0 Å². The molecule has 0 amide bonds. The van der Waals surface area contributed by atoms with E-state index in [9.17, 15) is 0 Å². The van der Waals surface area contributed by atoms with Crippen molar-refractivity contribution in [1.29, 1.82) is 0 Å². The molecule has 1 heterocycles. The Morgan fingerprint density at radius 3 is 2.60 bits per heavy atom. The molecule has 1 saturated heterocycles. The van der Waals surface area contributed by atoms with Crippen molar-refractivity contribution in [3.8, 4) is 0 Å². The third-order valence-corrected chi connectivity index (χ3v) is 4.46. The Morgan fingerprint density at radius 2 is 1.90 bits per heavy atom. The minimum absolute atomic E-state index is 0.553. The molecule has 2 unspecified atom stereocenters. The molecule has 3 heteroatoms. The molecule has 1 aromatic carbocycles. The quantitative estimate of drug-likeness (QED) is 0.864. The highest BCUT2D eigenvalue weighted by Crippen LogP contribution is 2.21. The summed E-state index contributed by atoms with van der Waals surface area (Å²) >= 11 is 0. The number of rotatable bonds is 6. The molecule has 3 nitrogen and oxygen atoms in total. The van der Waals surface area contributed by atoms with E-state index in [1.165, 1.54) is 17.7 Å². The Hall–Kier alpha value is -1.06. The van der Waals surface area contributed by atoms with Crippen molar-refractivity contribution in [2.75, 3.05) is 31.2 Å². The van der Waals surface area contributed by atoms with Crippen LogP contribution in [0.25, 0.3) is 0 Å². The van der Waals surface area contributed by atoms with Crippen molar-refractivity contribution in [1.82, 2.24) is 5.32 Å². The number of para-hydroxylation sites is 1. The summed E-state index contributed by atoms with van der Waals surface area (Å²) in [5.41, 5.74) is 2.75. The second kappa shape index (κ2) is 7.65. The maximum Gasteiger partial charge on any atom is 0.0642 e. The lowest BCUT2D eigenvalue weighted by Gasteiger charge is -2.31. The van der Waals surface area contributed by atoms with Gasteiger partial charge in [-0.2, -0.15) is 0 Å². The van der Waals surface area contributed by atoms with Gasteiger partial charge in [-0.1, -0.05) is 38.5 Å². The molecule has 20 heavy (non-hydrogen) atoms. The summed E-state index contributed by atoms with van der Waals surface area (Å²) in [5.74, 6) is 0.713. The van der Waals surface area contributed by atoms with Crippen LogP contribution in [-0.4, -0.2) is 32.3 Å². The molecule has 0 aliphatic carbocycles. The van der Waals surface area contributed by atoms with Crippen LogP contribution in [0.4, 0.5) is 5.69 Å². The first-order chi connectivity index (χ1) is 9.72. The van der Waals surface area contributed by atoms with Gasteiger partial charge in [0, 0.05) is 31.4 Å². The molecule has 0 aromatic heterocycles. The topological polar surface area (TPSA) is 24.5 Å². The van der Waals surface area contributed by atoms with E-state index in [2.05, 4.69) is 55.3 Å². The van der Waals surface area contributed by atoms with Gasteiger partial charge in [-0.3, -0.25) is 0 Å². The number of hydrogen-bond acceptors (Lipinski definition) is 3. The number of hydrogen-bond donors (Lipinski definition) is 1. The summed E-state index contributed by atoms with van der Waals surface area (Å²) < 4.78 is 5.45. The van der Waals surface area contributed by atoms with E-state index in [0.717, 1.165) is 32.8 Å². The smallest absolute Gasteiger partial charge is 0.0642 e. The molecule has 1 fully saturated rings. The molecule has 2 atom stereocenters. The number of morpholine rings is 1. The lowest BCUT2D eigenvalue weighted by molar-refractivity contribution is 0.122. The first-order valence-electron chi connectivity index (χ1n) is 7.86. The molecule has 2 rings (SSSR count). The van der Waals surface area contributed by atoms with Gasteiger partial charge in [-0.05, 0) is 24.5 Å². The summed E-state index contributed by atoms with van der Waals surface area (Å²) in [5, 5.41) is 3.67. The Labute approximate surface area is 123 Å². The number of ether oxygens (including phenoxy) is 1. The van der Waals surface area contributed by atoms with Gasteiger partial charge in [-0.15, -0.1) is 0 Å². The molecular weight excluding hydrogens is 248 g/mol. The van der Waals surface area contributed by atoms with Crippen molar-refractivity contribution in [2.24, 2.45) is 5.92 Å². The molecule has 1 N–H and O–H groups in total. The van der Waals surface area contributed by atoms with Crippen LogP contribution in [0, 0.1) is 5.92 Å². The predicted octanol–water partition coefficient (Wildman–Crippen LogP) is 3.05. The van der Waals surface area contributed by atoms with Gasteiger partial charge in [0.2, 0.25) is 0 Å². The Kier molecular flexibility index (Phi) is 5.86. The summed E-state index contributed by atoms with van der Waals surface area (Å²) in [6.45, 7) is 11.5. The zero-order valence-electron chi connectivity index (χ0n) is 13.1. The van der Waals surface area contributed by atoms with Crippen molar-refractivity contribution in [2.45, 2.75) is 39.8 Å². The van der Waals surface area contributed by atoms with Gasteiger partial charge >= 0.3 is 0 Å². The van der Waals surface area contributed by atoms with Crippen LogP contribution < -0.4 is 10.2 Å². The summed E-state index contributed by atoms with van der Waals surface area (Å²) in [7, 11) is 0. The van der Waals surface area contributed by atoms with E-state index in [1.807, 2.05) is 0 Å². The standard InChI is InChI=1S/C17H28N2O/c1-4-14(2)15(3)18-13-16-7-5-6-8-17(16)19-9-11-20-12-10-19/h5-8,14-15,18H,4,9-13H2,1-3H3. The van der Waals surface area contributed by atoms with Crippen molar-refractivity contribution in [3.05, 3.63) is 29.8 Å².